The molecule has 0 radical (unpaired) electrons. The summed E-state index contributed by atoms with van der Waals surface area (Å²) in [6.45, 7) is -0.891. The fourth-order valence-electron chi connectivity index (χ4n) is 1.22. The Balaban J connectivity index is 3.02. The lowest BCUT2D eigenvalue weighted by molar-refractivity contribution is -0.384. The number of nitro groups is 1. The Morgan fingerprint density at radius 3 is 2.58 bits per heavy atom. The number of nitro benzene ring substituents is 1. The van der Waals surface area contributed by atoms with Crippen LogP contribution in [0.1, 0.15) is 10.4 Å². The van der Waals surface area contributed by atoms with Gasteiger partial charge in [-0.15, -0.1) is 0 Å². The lowest BCUT2D eigenvalue weighted by Crippen LogP contribution is -2.43. The molecule has 0 aliphatic rings. The number of nitrogens with one attached hydrogen (secondary N) is 1. The number of carboxylic acid groups (broad SMARTS) is 1. The topological polar surface area (TPSA) is 130 Å². The molecule has 1 aromatic rings. The number of rotatable bonds is 5. The van der Waals surface area contributed by atoms with Crippen LogP contribution in [-0.4, -0.2) is 39.7 Å². The molecule has 1 aromatic carbocycles. The fraction of sp³-hybridized carbons (Fsp3) is 0.200. The standard InChI is InChI=1S/C10H9FN2O6/c11-7-2-1-5(13(18)19)3-6(7)9(15)12-8(4-14)10(16)17/h1-3,8,14H,4H2,(H,12,15)(H,16,17)/t8-/m1/s1. The number of carboxylic acids is 1. The second-order valence-corrected chi connectivity index (χ2v) is 3.47. The first-order chi connectivity index (χ1) is 8.86. The number of hydrogen-bond donors (Lipinski definition) is 3. The highest BCUT2D eigenvalue weighted by atomic mass is 19.1. The molecule has 0 saturated carbocycles. The number of benzene rings is 1. The van der Waals surface area contributed by atoms with Gasteiger partial charge in [-0.05, 0) is 6.07 Å². The van der Waals surface area contributed by atoms with Crippen molar-refractivity contribution < 1.29 is 29.1 Å². The Morgan fingerprint density at radius 2 is 2.11 bits per heavy atom. The summed E-state index contributed by atoms with van der Waals surface area (Å²) in [7, 11) is 0. The summed E-state index contributed by atoms with van der Waals surface area (Å²) in [6.07, 6.45) is 0. The largest absolute Gasteiger partial charge is 0.480 e. The highest BCUT2D eigenvalue weighted by Gasteiger charge is 2.23. The van der Waals surface area contributed by atoms with Crippen molar-refractivity contribution in [3.63, 3.8) is 0 Å². The van der Waals surface area contributed by atoms with Gasteiger partial charge in [-0.25, -0.2) is 9.18 Å². The lowest BCUT2D eigenvalue weighted by Gasteiger charge is -2.11. The van der Waals surface area contributed by atoms with Gasteiger partial charge >= 0.3 is 5.97 Å². The summed E-state index contributed by atoms with van der Waals surface area (Å²) in [5.41, 5.74) is -1.18. The summed E-state index contributed by atoms with van der Waals surface area (Å²) in [6, 6.07) is 0.654. The zero-order chi connectivity index (χ0) is 14.6. The van der Waals surface area contributed by atoms with E-state index in [9.17, 15) is 24.1 Å². The number of halogens is 1. The SMILES string of the molecule is O=C(N[C@H](CO)C(=O)O)c1cc([N+](=O)[O-])ccc1F. The van der Waals surface area contributed by atoms with E-state index in [1.807, 2.05) is 5.32 Å². The second-order valence-electron chi connectivity index (χ2n) is 3.47. The number of aliphatic carboxylic acids is 1. The third-order valence-electron chi connectivity index (χ3n) is 2.19. The molecule has 0 saturated heterocycles. The Kier molecular flexibility index (Phi) is 4.48. The number of amides is 1. The van der Waals surface area contributed by atoms with Gasteiger partial charge in [0.05, 0.1) is 17.1 Å². The Bertz CT molecular complexity index is 533. The maximum absolute atomic E-state index is 13.3. The molecule has 0 spiro atoms. The molecule has 3 N–H and O–H groups in total. The van der Waals surface area contributed by atoms with Crippen LogP contribution in [-0.2, 0) is 4.79 Å². The van der Waals surface area contributed by atoms with Gasteiger partial charge < -0.3 is 15.5 Å². The smallest absolute Gasteiger partial charge is 0.328 e. The van der Waals surface area contributed by atoms with E-state index >= 15 is 0 Å². The molecule has 0 fully saturated rings. The Hall–Kier alpha value is -2.55. The van der Waals surface area contributed by atoms with Gasteiger partial charge in [0.2, 0.25) is 0 Å². The van der Waals surface area contributed by atoms with Crippen molar-refractivity contribution >= 4 is 17.6 Å². The van der Waals surface area contributed by atoms with Crippen LogP contribution in [0, 0.1) is 15.9 Å². The van der Waals surface area contributed by atoms with Crippen LogP contribution >= 0.6 is 0 Å². The maximum Gasteiger partial charge on any atom is 0.328 e. The molecule has 1 atom stereocenters. The van der Waals surface area contributed by atoms with E-state index in [1.165, 1.54) is 0 Å². The van der Waals surface area contributed by atoms with Crippen molar-refractivity contribution in [1.29, 1.82) is 0 Å². The monoisotopic (exact) mass is 272 g/mol. The lowest BCUT2D eigenvalue weighted by atomic mass is 10.1. The first-order valence-corrected chi connectivity index (χ1v) is 4.95. The molecule has 0 unspecified atom stereocenters. The minimum Gasteiger partial charge on any atom is -0.480 e. The molecule has 1 amide bonds. The molecule has 19 heavy (non-hydrogen) atoms. The van der Waals surface area contributed by atoms with Crippen LogP contribution < -0.4 is 5.32 Å². The van der Waals surface area contributed by atoms with Crippen molar-refractivity contribution in [2.45, 2.75) is 6.04 Å². The molecule has 0 aliphatic heterocycles. The molecule has 0 heterocycles. The van der Waals surface area contributed by atoms with Crippen molar-refractivity contribution in [1.82, 2.24) is 5.32 Å². The molecule has 1 rings (SSSR count). The van der Waals surface area contributed by atoms with Crippen molar-refractivity contribution in [2.24, 2.45) is 0 Å². The van der Waals surface area contributed by atoms with Crippen molar-refractivity contribution in [3.05, 3.63) is 39.7 Å². The number of non-ortho nitro benzene ring substituents is 1. The molecule has 0 aromatic heterocycles. The molecule has 0 bridgehead atoms. The number of nitrogens with zero attached hydrogens (tertiary/aromatic N) is 1. The number of carbonyl (C=O) groups is 2. The molecular formula is C10H9FN2O6. The van der Waals surface area contributed by atoms with E-state index in [1.54, 1.807) is 0 Å². The summed E-state index contributed by atoms with van der Waals surface area (Å²) < 4.78 is 13.3. The minimum absolute atomic E-state index is 0.512. The summed E-state index contributed by atoms with van der Waals surface area (Å²) in [4.78, 5) is 31.8. The van der Waals surface area contributed by atoms with Crippen LogP contribution in [0.25, 0.3) is 0 Å². The second kappa shape index (κ2) is 5.87. The average molecular weight is 272 g/mol. The van der Waals surface area contributed by atoms with Gasteiger partial charge in [0.15, 0.2) is 6.04 Å². The molecule has 102 valence electrons. The Labute approximate surface area is 105 Å². The number of aliphatic hydroxyl groups excluding tert-OH is 1. The fourth-order valence-corrected chi connectivity index (χ4v) is 1.22. The predicted octanol–water partition coefficient (Wildman–Crippen LogP) is -0.0908. The first-order valence-electron chi connectivity index (χ1n) is 4.95. The normalized spacial score (nSPS) is 11.7. The van der Waals surface area contributed by atoms with Gasteiger partial charge in [-0.1, -0.05) is 0 Å². The van der Waals surface area contributed by atoms with Gasteiger partial charge in [0.25, 0.3) is 11.6 Å². The average Bonchev–Trinajstić information content (AvgIpc) is 2.35. The highest BCUT2D eigenvalue weighted by Crippen LogP contribution is 2.16. The van der Waals surface area contributed by atoms with Gasteiger partial charge in [-0.3, -0.25) is 14.9 Å². The van der Waals surface area contributed by atoms with Crippen LogP contribution in [0.2, 0.25) is 0 Å². The van der Waals surface area contributed by atoms with E-state index in [2.05, 4.69) is 0 Å². The molecule has 9 heteroatoms. The highest BCUT2D eigenvalue weighted by molar-refractivity contribution is 5.97. The molecule has 0 aliphatic carbocycles. The van der Waals surface area contributed by atoms with E-state index in [-0.39, 0.29) is 0 Å². The molecular weight excluding hydrogens is 263 g/mol. The summed E-state index contributed by atoms with van der Waals surface area (Å²) in [5.74, 6) is -3.71. The number of hydrogen-bond acceptors (Lipinski definition) is 5. The third-order valence-corrected chi connectivity index (χ3v) is 2.19. The van der Waals surface area contributed by atoms with Crippen molar-refractivity contribution in [2.75, 3.05) is 6.61 Å². The first kappa shape index (κ1) is 14.5. The summed E-state index contributed by atoms with van der Waals surface area (Å²) >= 11 is 0. The van der Waals surface area contributed by atoms with E-state index in [0.717, 1.165) is 12.1 Å². The maximum atomic E-state index is 13.3. The zero-order valence-corrected chi connectivity index (χ0v) is 9.37. The minimum atomic E-state index is -1.62. The van der Waals surface area contributed by atoms with E-state index < -0.39 is 46.5 Å². The summed E-state index contributed by atoms with van der Waals surface area (Å²) in [5, 5.41) is 29.6. The van der Waals surface area contributed by atoms with E-state index in [0.29, 0.717) is 6.07 Å². The van der Waals surface area contributed by atoms with E-state index in [4.69, 9.17) is 10.2 Å². The van der Waals surface area contributed by atoms with Gasteiger partial charge in [-0.2, -0.15) is 0 Å². The molecule has 8 nitrogen and oxygen atoms in total. The Morgan fingerprint density at radius 1 is 1.47 bits per heavy atom. The number of carbonyl (C=O) groups excluding carboxylic acids is 1. The van der Waals surface area contributed by atoms with Crippen LogP contribution in [0.15, 0.2) is 18.2 Å². The van der Waals surface area contributed by atoms with Gasteiger partial charge in [0, 0.05) is 12.1 Å². The van der Waals surface area contributed by atoms with Crippen LogP contribution in [0.5, 0.6) is 0 Å². The zero-order valence-electron chi connectivity index (χ0n) is 9.37. The third kappa shape index (κ3) is 3.45. The van der Waals surface area contributed by atoms with Crippen LogP contribution in [0.4, 0.5) is 10.1 Å². The number of aliphatic hydroxyl groups is 1. The predicted molar refractivity (Wildman–Crippen MR) is 59.0 cm³/mol. The van der Waals surface area contributed by atoms with Crippen LogP contribution in [0.3, 0.4) is 0 Å². The van der Waals surface area contributed by atoms with Crippen molar-refractivity contribution in [3.8, 4) is 0 Å². The quantitative estimate of drug-likeness (QED) is 0.507. The van der Waals surface area contributed by atoms with Gasteiger partial charge in [0.1, 0.15) is 5.82 Å².